The van der Waals surface area contributed by atoms with E-state index in [2.05, 4.69) is 14.7 Å². The van der Waals surface area contributed by atoms with E-state index >= 15 is 0 Å². The van der Waals surface area contributed by atoms with E-state index in [0.717, 1.165) is 25.7 Å². The standard InChI is InChI=1S/C13H20N4O3S/c1-9-8-12(18)15-13(14-9)17-6-4-10(5-7-17)16-21(19,20)11-2-3-11/h8,10-11,16H,2-7H2,1H3,(H,14,15,18). The van der Waals surface area contributed by atoms with Crippen LogP contribution >= 0.6 is 0 Å². The van der Waals surface area contributed by atoms with Crippen LogP contribution in [-0.2, 0) is 10.0 Å². The number of aryl methyl sites for hydroxylation is 1. The van der Waals surface area contributed by atoms with Gasteiger partial charge in [0.25, 0.3) is 5.56 Å². The second kappa shape index (κ2) is 5.42. The average Bonchev–Trinajstić information content (AvgIpc) is 3.22. The second-order valence-corrected chi connectivity index (χ2v) is 7.83. The molecule has 1 aromatic heterocycles. The van der Waals surface area contributed by atoms with Crippen molar-refractivity contribution in [2.45, 2.75) is 43.9 Å². The highest BCUT2D eigenvalue weighted by Gasteiger charge is 2.37. The van der Waals surface area contributed by atoms with E-state index in [0.29, 0.717) is 24.7 Å². The lowest BCUT2D eigenvalue weighted by atomic mass is 10.1. The summed E-state index contributed by atoms with van der Waals surface area (Å²) >= 11 is 0. The molecular formula is C13H20N4O3S. The van der Waals surface area contributed by atoms with Gasteiger partial charge in [-0.3, -0.25) is 9.78 Å². The highest BCUT2D eigenvalue weighted by molar-refractivity contribution is 7.90. The minimum atomic E-state index is -3.12. The van der Waals surface area contributed by atoms with Crippen LogP contribution in [0.2, 0.25) is 0 Å². The molecule has 2 fully saturated rings. The largest absolute Gasteiger partial charge is 0.342 e. The van der Waals surface area contributed by atoms with E-state index in [1.54, 1.807) is 6.92 Å². The fourth-order valence-corrected chi connectivity index (χ4v) is 4.28. The number of nitrogens with zero attached hydrogens (tertiary/aromatic N) is 2. The molecule has 1 aromatic rings. The number of piperidine rings is 1. The third kappa shape index (κ3) is 3.44. The van der Waals surface area contributed by atoms with Gasteiger partial charge in [0.1, 0.15) is 0 Å². The van der Waals surface area contributed by atoms with Crippen LogP contribution in [0.1, 0.15) is 31.4 Å². The van der Waals surface area contributed by atoms with Crippen LogP contribution in [0.5, 0.6) is 0 Å². The molecular weight excluding hydrogens is 292 g/mol. The van der Waals surface area contributed by atoms with Crippen molar-refractivity contribution in [3.63, 3.8) is 0 Å². The first-order valence-electron chi connectivity index (χ1n) is 7.28. The highest BCUT2D eigenvalue weighted by atomic mass is 32.2. The molecule has 0 bridgehead atoms. The van der Waals surface area contributed by atoms with E-state index < -0.39 is 10.0 Å². The van der Waals surface area contributed by atoms with E-state index in [1.807, 2.05) is 4.90 Å². The Morgan fingerprint density at radius 2 is 1.95 bits per heavy atom. The Bertz CT molecular complexity index is 673. The molecule has 21 heavy (non-hydrogen) atoms. The van der Waals surface area contributed by atoms with Crippen LogP contribution in [0, 0.1) is 6.92 Å². The Kier molecular flexibility index (Phi) is 3.75. The molecule has 8 heteroatoms. The molecule has 0 atom stereocenters. The van der Waals surface area contributed by atoms with Crippen LogP contribution in [0.4, 0.5) is 5.95 Å². The van der Waals surface area contributed by atoms with Gasteiger partial charge in [-0.15, -0.1) is 0 Å². The number of aromatic nitrogens is 2. The van der Waals surface area contributed by atoms with E-state index in [1.165, 1.54) is 6.07 Å². The van der Waals surface area contributed by atoms with Crippen LogP contribution in [0.3, 0.4) is 0 Å². The monoisotopic (exact) mass is 312 g/mol. The summed E-state index contributed by atoms with van der Waals surface area (Å²) in [6.07, 6.45) is 3.01. The SMILES string of the molecule is Cc1cc(=O)[nH]c(N2CCC(NS(=O)(=O)C3CC3)CC2)n1. The Hall–Kier alpha value is -1.41. The summed E-state index contributed by atoms with van der Waals surface area (Å²) in [6, 6.07) is 1.45. The lowest BCUT2D eigenvalue weighted by molar-refractivity contribution is 0.455. The van der Waals surface area contributed by atoms with Crippen molar-refractivity contribution >= 4 is 16.0 Å². The molecule has 1 saturated carbocycles. The maximum Gasteiger partial charge on any atom is 0.252 e. The Morgan fingerprint density at radius 3 is 2.52 bits per heavy atom. The predicted molar refractivity (Wildman–Crippen MR) is 79.9 cm³/mol. The number of anilines is 1. The number of hydrogen-bond donors (Lipinski definition) is 2. The molecule has 116 valence electrons. The van der Waals surface area contributed by atoms with E-state index in [-0.39, 0.29) is 16.9 Å². The number of H-pyrrole nitrogens is 1. The maximum atomic E-state index is 11.9. The topological polar surface area (TPSA) is 95.2 Å². The summed E-state index contributed by atoms with van der Waals surface area (Å²) in [5.41, 5.74) is 0.527. The fraction of sp³-hybridized carbons (Fsp3) is 0.692. The van der Waals surface area contributed by atoms with Gasteiger partial charge in [-0.05, 0) is 32.6 Å². The molecule has 2 heterocycles. The van der Waals surface area contributed by atoms with Gasteiger partial charge in [0.05, 0.1) is 5.25 Å². The third-order valence-electron chi connectivity index (χ3n) is 3.95. The molecule has 0 spiro atoms. The van der Waals surface area contributed by atoms with Gasteiger partial charge < -0.3 is 4.90 Å². The van der Waals surface area contributed by atoms with Crippen LogP contribution in [0.15, 0.2) is 10.9 Å². The second-order valence-electron chi connectivity index (χ2n) is 5.83. The molecule has 1 saturated heterocycles. The molecule has 1 aliphatic carbocycles. The van der Waals surface area contributed by atoms with Crippen LogP contribution < -0.4 is 15.2 Å². The molecule has 0 unspecified atom stereocenters. The molecule has 7 nitrogen and oxygen atoms in total. The minimum absolute atomic E-state index is 0.0108. The van der Waals surface area contributed by atoms with Crippen molar-refractivity contribution in [3.05, 3.63) is 22.1 Å². The zero-order chi connectivity index (χ0) is 15.0. The predicted octanol–water partition coefficient (Wildman–Crippen LogP) is 0.129. The summed E-state index contributed by atoms with van der Waals surface area (Å²) in [6.45, 7) is 3.16. The quantitative estimate of drug-likeness (QED) is 0.824. The zero-order valence-electron chi connectivity index (χ0n) is 12.0. The van der Waals surface area contributed by atoms with Gasteiger partial charge in [0.2, 0.25) is 16.0 Å². The first-order valence-corrected chi connectivity index (χ1v) is 8.83. The fourth-order valence-electron chi connectivity index (χ4n) is 2.63. The number of rotatable bonds is 4. The van der Waals surface area contributed by atoms with E-state index in [9.17, 15) is 13.2 Å². The van der Waals surface area contributed by atoms with Gasteiger partial charge in [0, 0.05) is 30.9 Å². The molecule has 0 radical (unpaired) electrons. The first kappa shape index (κ1) is 14.5. The van der Waals surface area contributed by atoms with Crippen molar-refractivity contribution in [3.8, 4) is 0 Å². The number of sulfonamides is 1. The summed E-state index contributed by atoms with van der Waals surface area (Å²) in [7, 11) is -3.12. The van der Waals surface area contributed by atoms with Crippen molar-refractivity contribution in [1.29, 1.82) is 0 Å². The summed E-state index contributed by atoms with van der Waals surface area (Å²) in [5.74, 6) is 0.573. The molecule has 3 rings (SSSR count). The van der Waals surface area contributed by atoms with E-state index in [4.69, 9.17) is 0 Å². The zero-order valence-corrected chi connectivity index (χ0v) is 12.8. The lowest BCUT2D eigenvalue weighted by Gasteiger charge is -2.32. The van der Waals surface area contributed by atoms with Crippen molar-refractivity contribution in [2.24, 2.45) is 0 Å². The van der Waals surface area contributed by atoms with Gasteiger partial charge in [-0.25, -0.2) is 18.1 Å². The summed E-state index contributed by atoms with van der Waals surface area (Å²) in [5, 5.41) is -0.176. The van der Waals surface area contributed by atoms with Crippen LogP contribution in [-0.4, -0.2) is 42.8 Å². The molecule has 2 aliphatic rings. The van der Waals surface area contributed by atoms with Crippen LogP contribution in [0.25, 0.3) is 0 Å². The Balaban J connectivity index is 1.61. The Labute approximate surface area is 123 Å². The number of nitrogens with one attached hydrogen (secondary N) is 2. The number of hydrogen-bond acceptors (Lipinski definition) is 5. The maximum absolute atomic E-state index is 11.9. The smallest absolute Gasteiger partial charge is 0.252 e. The van der Waals surface area contributed by atoms with Gasteiger partial charge in [-0.1, -0.05) is 0 Å². The highest BCUT2D eigenvalue weighted by Crippen LogP contribution is 2.28. The average molecular weight is 312 g/mol. The molecule has 0 aromatic carbocycles. The Morgan fingerprint density at radius 1 is 1.29 bits per heavy atom. The summed E-state index contributed by atoms with van der Waals surface area (Å²) < 4.78 is 26.6. The lowest BCUT2D eigenvalue weighted by Crippen LogP contribution is -2.46. The van der Waals surface area contributed by atoms with Gasteiger partial charge in [0.15, 0.2) is 0 Å². The first-order chi connectivity index (χ1) is 9.94. The van der Waals surface area contributed by atoms with Gasteiger partial charge in [-0.2, -0.15) is 0 Å². The normalized spacial score (nSPS) is 20.7. The van der Waals surface area contributed by atoms with Crippen molar-refractivity contribution < 1.29 is 8.42 Å². The third-order valence-corrected chi connectivity index (χ3v) is 5.96. The minimum Gasteiger partial charge on any atom is -0.342 e. The molecule has 1 aliphatic heterocycles. The molecule has 2 N–H and O–H groups in total. The summed E-state index contributed by atoms with van der Waals surface area (Å²) in [4.78, 5) is 20.5. The van der Waals surface area contributed by atoms with Gasteiger partial charge >= 0.3 is 0 Å². The van der Waals surface area contributed by atoms with Crippen molar-refractivity contribution in [2.75, 3.05) is 18.0 Å². The number of aromatic amines is 1. The molecule has 0 amide bonds. The van der Waals surface area contributed by atoms with Crippen molar-refractivity contribution in [1.82, 2.24) is 14.7 Å².